The highest BCUT2D eigenvalue weighted by molar-refractivity contribution is 6.36. The summed E-state index contributed by atoms with van der Waals surface area (Å²) in [5.41, 5.74) is 0.251. The number of fused-ring (bicyclic) bond motifs is 1. The first-order valence-corrected chi connectivity index (χ1v) is 5.36. The summed E-state index contributed by atoms with van der Waals surface area (Å²) >= 11 is 6.06. The molecule has 1 unspecified atom stereocenters. The Morgan fingerprint density at radius 3 is 2.62 bits per heavy atom. The summed E-state index contributed by atoms with van der Waals surface area (Å²) in [4.78, 5) is 25.3. The predicted octanol–water partition coefficient (Wildman–Crippen LogP) is 2.16. The maximum Gasteiger partial charge on any atom is 0.244 e. The van der Waals surface area contributed by atoms with Crippen molar-refractivity contribution in [3.05, 3.63) is 28.8 Å². The quantitative estimate of drug-likeness (QED) is 0.702. The van der Waals surface area contributed by atoms with Crippen molar-refractivity contribution in [3.8, 4) is 0 Å². The zero-order valence-corrected chi connectivity index (χ0v) is 10.1. The summed E-state index contributed by atoms with van der Waals surface area (Å²) < 4.78 is 0. The van der Waals surface area contributed by atoms with Crippen LogP contribution in [0.2, 0.25) is 5.02 Å². The van der Waals surface area contributed by atoms with E-state index in [1.807, 2.05) is 0 Å². The van der Waals surface area contributed by atoms with Crippen molar-refractivity contribution >= 4 is 29.0 Å². The van der Waals surface area contributed by atoms with Gasteiger partial charge < -0.3 is 4.90 Å². The molecule has 1 atom stereocenters. The van der Waals surface area contributed by atoms with Crippen LogP contribution in [0.25, 0.3) is 0 Å². The second-order valence-electron chi connectivity index (χ2n) is 4.18. The molecule has 1 aromatic rings. The van der Waals surface area contributed by atoms with E-state index in [1.54, 1.807) is 32.2 Å². The zero-order valence-electron chi connectivity index (χ0n) is 9.37. The lowest BCUT2D eigenvalue weighted by Crippen LogP contribution is -2.41. The summed E-state index contributed by atoms with van der Waals surface area (Å²) in [7, 11) is 1.64. The van der Waals surface area contributed by atoms with Crippen LogP contribution < -0.4 is 4.90 Å². The summed E-state index contributed by atoms with van der Waals surface area (Å²) in [6.45, 7) is 3.08. The van der Waals surface area contributed by atoms with E-state index in [-0.39, 0.29) is 11.7 Å². The van der Waals surface area contributed by atoms with Crippen LogP contribution in [0.1, 0.15) is 19.4 Å². The molecule has 0 aliphatic carbocycles. The normalized spacial score (nSPS) is 23.5. The SMILES string of the molecule is CC(=O)C1(C)C(=O)N(C)c2c(Cl)cccc21. The number of anilines is 1. The van der Waals surface area contributed by atoms with Crippen LogP contribution in [0.3, 0.4) is 0 Å². The number of para-hydroxylation sites is 1. The number of hydrogen-bond acceptors (Lipinski definition) is 2. The van der Waals surface area contributed by atoms with Crippen LogP contribution >= 0.6 is 11.6 Å². The molecule has 0 radical (unpaired) electrons. The Labute approximate surface area is 99.0 Å². The van der Waals surface area contributed by atoms with Gasteiger partial charge in [0.15, 0.2) is 0 Å². The zero-order chi connectivity index (χ0) is 12.1. The van der Waals surface area contributed by atoms with Gasteiger partial charge in [-0.3, -0.25) is 9.59 Å². The number of ketones is 1. The Morgan fingerprint density at radius 2 is 2.06 bits per heavy atom. The highest BCUT2D eigenvalue weighted by Crippen LogP contribution is 2.45. The number of Topliss-reactive ketones (excluding diaryl/α,β-unsaturated/α-hetero) is 1. The Bertz CT molecular complexity index is 498. The minimum Gasteiger partial charge on any atom is -0.313 e. The molecule has 1 aliphatic heterocycles. The highest BCUT2D eigenvalue weighted by atomic mass is 35.5. The van der Waals surface area contributed by atoms with E-state index in [4.69, 9.17) is 11.6 Å². The molecule has 4 heteroatoms. The second kappa shape index (κ2) is 3.32. The number of amides is 1. The lowest BCUT2D eigenvalue weighted by atomic mass is 9.80. The summed E-state index contributed by atoms with van der Waals surface area (Å²) in [5, 5.41) is 0.498. The number of likely N-dealkylation sites (N-methyl/N-ethyl adjacent to an activating group) is 1. The molecule has 16 heavy (non-hydrogen) atoms. The van der Waals surface area contributed by atoms with E-state index in [1.165, 1.54) is 11.8 Å². The van der Waals surface area contributed by atoms with Crippen molar-refractivity contribution < 1.29 is 9.59 Å². The van der Waals surface area contributed by atoms with Gasteiger partial charge in [-0.2, -0.15) is 0 Å². The van der Waals surface area contributed by atoms with Crippen LogP contribution in [0.4, 0.5) is 5.69 Å². The number of carbonyl (C=O) groups excluding carboxylic acids is 2. The third kappa shape index (κ3) is 1.15. The number of nitrogens with zero attached hydrogens (tertiary/aromatic N) is 1. The van der Waals surface area contributed by atoms with E-state index in [0.717, 1.165) is 0 Å². The predicted molar refractivity (Wildman–Crippen MR) is 62.9 cm³/mol. The summed E-state index contributed by atoms with van der Waals surface area (Å²) in [5.74, 6) is -0.381. The third-order valence-corrected chi connectivity index (χ3v) is 3.60. The van der Waals surface area contributed by atoms with Gasteiger partial charge in [-0.25, -0.2) is 0 Å². The Morgan fingerprint density at radius 1 is 1.44 bits per heavy atom. The molecule has 84 valence electrons. The van der Waals surface area contributed by atoms with Crippen molar-refractivity contribution in [2.45, 2.75) is 19.3 Å². The first-order valence-electron chi connectivity index (χ1n) is 4.99. The maximum absolute atomic E-state index is 12.1. The van der Waals surface area contributed by atoms with E-state index < -0.39 is 5.41 Å². The van der Waals surface area contributed by atoms with Crippen LogP contribution in [0.5, 0.6) is 0 Å². The Balaban J connectivity index is 2.78. The molecule has 0 saturated carbocycles. The van der Waals surface area contributed by atoms with Gasteiger partial charge >= 0.3 is 0 Å². The fourth-order valence-corrected chi connectivity index (χ4v) is 2.45. The molecule has 0 spiro atoms. The van der Waals surface area contributed by atoms with Crippen molar-refractivity contribution in [1.82, 2.24) is 0 Å². The first-order chi connectivity index (χ1) is 7.40. The number of halogens is 1. The van der Waals surface area contributed by atoms with Gasteiger partial charge in [-0.05, 0) is 19.9 Å². The second-order valence-corrected chi connectivity index (χ2v) is 4.59. The van der Waals surface area contributed by atoms with Gasteiger partial charge in [0.1, 0.15) is 11.2 Å². The lowest BCUT2D eigenvalue weighted by molar-refractivity contribution is -0.132. The average Bonchev–Trinajstić information content (AvgIpc) is 2.43. The van der Waals surface area contributed by atoms with Gasteiger partial charge in [0.25, 0.3) is 0 Å². The van der Waals surface area contributed by atoms with E-state index in [0.29, 0.717) is 16.3 Å². The minimum absolute atomic E-state index is 0.162. The van der Waals surface area contributed by atoms with Crippen molar-refractivity contribution in [3.63, 3.8) is 0 Å². The molecule has 1 aliphatic rings. The summed E-state index contributed by atoms with van der Waals surface area (Å²) in [6.07, 6.45) is 0. The fourth-order valence-electron chi connectivity index (χ4n) is 2.15. The van der Waals surface area contributed by atoms with Crippen molar-refractivity contribution in [1.29, 1.82) is 0 Å². The standard InChI is InChI=1S/C12H12ClNO2/c1-7(15)12(2)8-5-4-6-9(13)10(8)14(3)11(12)16/h4-6H,1-3H3. The lowest BCUT2D eigenvalue weighted by Gasteiger charge is -2.19. The van der Waals surface area contributed by atoms with Gasteiger partial charge in [0.05, 0.1) is 10.7 Å². The summed E-state index contributed by atoms with van der Waals surface area (Å²) in [6, 6.07) is 5.26. The highest BCUT2D eigenvalue weighted by Gasteiger charge is 2.50. The Kier molecular flexibility index (Phi) is 2.31. The molecule has 1 amide bonds. The monoisotopic (exact) mass is 237 g/mol. The molecule has 0 N–H and O–H groups in total. The number of rotatable bonds is 1. The third-order valence-electron chi connectivity index (χ3n) is 3.30. The van der Waals surface area contributed by atoms with E-state index in [9.17, 15) is 9.59 Å². The van der Waals surface area contributed by atoms with E-state index >= 15 is 0 Å². The first kappa shape index (κ1) is 11.1. The van der Waals surface area contributed by atoms with Crippen LogP contribution in [0.15, 0.2) is 18.2 Å². The molecule has 0 bridgehead atoms. The number of hydrogen-bond donors (Lipinski definition) is 0. The number of benzene rings is 1. The fraction of sp³-hybridized carbons (Fsp3) is 0.333. The molecule has 3 nitrogen and oxygen atoms in total. The van der Waals surface area contributed by atoms with Gasteiger partial charge in [-0.1, -0.05) is 23.7 Å². The topological polar surface area (TPSA) is 37.4 Å². The molecular weight excluding hydrogens is 226 g/mol. The minimum atomic E-state index is -1.09. The van der Waals surface area contributed by atoms with Crippen LogP contribution in [-0.2, 0) is 15.0 Å². The average molecular weight is 238 g/mol. The molecule has 1 heterocycles. The van der Waals surface area contributed by atoms with Gasteiger partial charge in [-0.15, -0.1) is 0 Å². The van der Waals surface area contributed by atoms with Gasteiger partial charge in [0.2, 0.25) is 5.91 Å². The molecule has 0 saturated heterocycles. The van der Waals surface area contributed by atoms with Gasteiger partial charge in [0, 0.05) is 12.6 Å². The molecule has 0 aromatic heterocycles. The Hall–Kier alpha value is -1.35. The maximum atomic E-state index is 12.1. The van der Waals surface area contributed by atoms with Crippen molar-refractivity contribution in [2.24, 2.45) is 0 Å². The van der Waals surface area contributed by atoms with E-state index in [2.05, 4.69) is 0 Å². The van der Waals surface area contributed by atoms with Crippen LogP contribution in [0, 0.1) is 0 Å². The molecule has 2 rings (SSSR count). The van der Waals surface area contributed by atoms with Crippen LogP contribution in [-0.4, -0.2) is 18.7 Å². The molecule has 1 aromatic carbocycles. The number of carbonyl (C=O) groups is 2. The smallest absolute Gasteiger partial charge is 0.244 e. The van der Waals surface area contributed by atoms with Crippen molar-refractivity contribution in [2.75, 3.05) is 11.9 Å². The largest absolute Gasteiger partial charge is 0.313 e. The molecule has 0 fully saturated rings. The molecular formula is C12H12ClNO2.